The van der Waals surface area contributed by atoms with Crippen LogP contribution in [0.2, 0.25) is 0 Å². The van der Waals surface area contributed by atoms with Crippen LogP contribution < -0.4 is 16.0 Å². The predicted octanol–water partition coefficient (Wildman–Crippen LogP) is 3.59. The zero-order valence-corrected chi connectivity index (χ0v) is 13.2. The first-order valence-electron chi connectivity index (χ1n) is 6.35. The van der Waals surface area contributed by atoms with Crippen LogP contribution in [0.15, 0.2) is 46.9 Å². The van der Waals surface area contributed by atoms with Gasteiger partial charge in [-0.3, -0.25) is 4.79 Å². The number of anilines is 2. The van der Waals surface area contributed by atoms with Gasteiger partial charge in [0.2, 0.25) is 0 Å². The third-order valence-corrected chi connectivity index (χ3v) is 3.29. The zero-order valence-electron chi connectivity index (χ0n) is 11.6. The van der Waals surface area contributed by atoms with E-state index in [1.54, 1.807) is 24.3 Å². The number of carbonyl (C=O) groups is 2. The molecule has 22 heavy (non-hydrogen) atoms. The smallest absolute Gasteiger partial charge is 0.318 e. The summed E-state index contributed by atoms with van der Waals surface area (Å²) in [5, 5.41) is 7.61. The van der Waals surface area contributed by atoms with E-state index in [1.165, 1.54) is 25.2 Å². The van der Waals surface area contributed by atoms with Crippen molar-refractivity contribution >= 4 is 39.2 Å². The van der Waals surface area contributed by atoms with Crippen LogP contribution in [0.5, 0.6) is 0 Å². The second-order valence-electron chi connectivity index (χ2n) is 4.36. The summed E-state index contributed by atoms with van der Waals surface area (Å²) in [4.78, 5) is 23.2. The van der Waals surface area contributed by atoms with Crippen LogP contribution >= 0.6 is 15.9 Å². The molecule has 0 aliphatic carbocycles. The Hall–Kier alpha value is -2.41. The van der Waals surface area contributed by atoms with Crippen molar-refractivity contribution in [3.05, 3.63) is 58.3 Å². The molecule has 3 amide bonds. The molecule has 2 aromatic carbocycles. The molecular formula is C15H13BrFN3O2. The van der Waals surface area contributed by atoms with Crippen LogP contribution in [0.4, 0.5) is 20.6 Å². The predicted molar refractivity (Wildman–Crippen MR) is 86.6 cm³/mol. The van der Waals surface area contributed by atoms with Crippen molar-refractivity contribution in [1.82, 2.24) is 5.32 Å². The van der Waals surface area contributed by atoms with Crippen LogP contribution in [-0.2, 0) is 0 Å². The van der Waals surface area contributed by atoms with Crippen molar-refractivity contribution in [3.63, 3.8) is 0 Å². The molecule has 0 aliphatic heterocycles. The number of carbonyl (C=O) groups excluding carboxylic acids is 2. The Morgan fingerprint density at radius 2 is 1.59 bits per heavy atom. The molecule has 7 heteroatoms. The minimum Gasteiger partial charge on any atom is -0.341 e. The van der Waals surface area contributed by atoms with E-state index in [0.29, 0.717) is 15.8 Å². The maximum atomic E-state index is 13.6. The topological polar surface area (TPSA) is 70.2 Å². The van der Waals surface area contributed by atoms with Crippen molar-refractivity contribution in [2.75, 3.05) is 17.7 Å². The van der Waals surface area contributed by atoms with Crippen LogP contribution in [0.1, 0.15) is 10.4 Å². The van der Waals surface area contributed by atoms with Gasteiger partial charge in [-0.1, -0.05) is 15.9 Å². The number of hydrogen-bond acceptors (Lipinski definition) is 2. The summed E-state index contributed by atoms with van der Waals surface area (Å²) >= 11 is 3.20. The summed E-state index contributed by atoms with van der Waals surface area (Å²) in [6.45, 7) is 0. The molecule has 0 spiro atoms. The molecule has 114 valence electrons. The number of halogens is 2. The number of hydrogen-bond donors (Lipinski definition) is 3. The second-order valence-corrected chi connectivity index (χ2v) is 5.28. The molecule has 3 N–H and O–H groups in total. The first-order valence-corrected chi connectivity index (χ1v) is 7.14. The summed E-state index contributed by atoms with van der Waals surface area (Å²) in [5.41, 5.74) is 1.01. The van der Waals surface area contributed by atoms with Gasteiger partial charge in [-0.2, -0.15) is 0 Å². The third kappa shape index (κ3) is 4.05. The fraction of sp³-hybridized carbons (Fsp3) is 0.0667. The van der Waals surface area contributed by atoms with Crippen LogP contribution in [0, 0.1) is 5.82 Å². The number of rotatable bonds is 3. The van der Waals surface area contributed by atoms with Crippen molar-refractivity contribution in [3.8, 4) is 0 Å². The lowest BCUT2D eigenvalue weighted by molar-refractivity contribution is 0.102. The van der Waals surface area contributed by atoms with Crippen molar-refractivity contribution < 1.29 is 14.0 Å². The molecule has 5 nitrogen and oxygen atoms in total. The number of amides is 3. The van der Waals surface area contributed by atoms with Gasteiger partial charge in [0.15, 0.2) is 0 Å². The summed E-state index contributed by atoms with van der Waals surface area (Å²) in [6.07, 6.45) is 0. The first-order chi connectivity index (χ1) is 10.5. The van der Waals surface area contributed by atoms with E-state index in [1.807, 2.05) is 0 Å². The lowest BCUT2D eigenvalue weighted by atomic mass is 10.2. The Labute approximate surface area is 135 Å². The van der Waals surface area contributed by atoms with E-state index in [0.717, 1.165) is 0 Å². The van der Waals surface area contributed by atoms with Crippen LogP contribution in [0.25, 0.3) is 0 Å². The van der Waals surface area contributed by atoms with Gasteiger partial charge in [0.25, 0.3) is 5.91 Å². The fourth-order valence-corrected chi connectivity index (χ4v) is 2.06. The molecular weight excluding hydrogens is 353 g/mol. The highest BCUT2D eigenvalue weighted by molar-refractivity contribution is 9.10. The van der Waals surface area contributed by atoms with Crippen molar-refractivity contribution in [2.45, 2.75) is 0 Å². The van der Waals surface area contributed by atoms with Gasteiger partial charge in [-0.15, -0.1) is 0 Å². The molecule has 0 heterocycles. The van der Waals surface area contributed by atoms with Crippen molar-refractivity contribution in [2.24, 2.45) is 0 Å². The molecule has 0 saturated heterocycles. The van der Waals surface area contributed by atoms with Gasteiger partial charge in [0.05, 0.1) is 5.56 Å². The number of urea groups is 1. The quantitative estimate of drug-likeness (QED) is 0.777. The highest BCUT2D eigenvalue weighted by Gasteiger charge is 2.12. The Bertz CT molecular complexity index is 704. The lowest BCUT2D eigenvalue weighted by Gasteiger charge is -2.08. The van der Waals surface area contributed by atoms with Gasteiger partial charge in [-0.05, 0) is 42.5 Å². The van der Waals surface area contributed by atoms with Crippen LogP contribution in [-0.4, -0.2) is 19.0 Å². The largest absolute Gasteiger partial charge is 0.341 e. The Morgan fingerprint density at radius 3 is 2.18 bits per heavy atom. The van der Waals surface area contributed by atoms with Crippen molar-refractivity contribution in [1.29, 1.82) is 0 Å². The maximum absolute atomic E-state index is 13.6. The zero-order chi connectivity index (χ0) is 16.1. The minimum absolute atomic E-state index is 0.0538. The highest BCUT2D eigenvalue weighted by Crippen LogP contribution is 2.18. The van der Waals surface area contributed by atoms with E-state index in [9.17, 15) is 14.0 Å². The van der Waals surface area contributed by atoms with E-state index < -0.39 is 11.7 Å². The third-order valence-electron chi connectivity index (χ3n) is 2.80. The number of benzene rings is 2. The molecule has 0 bridgehead atoms. The van der Waals surface area contributed by atoms with Gasteiger partial charge < -0.3 is 16.0 Å². The van der Waals surface area contributed by atoms with Gasteiger partial charge in [0, 0.05) is 22.9 Å². The molecule has 0 aromatic heterocycles. The molecule has 0 saturated carbocycles. The van der Waals surface area contributed by atoms with E-state index >= 15 is 0 Å². The maximum Gasteiger partial charge on any atom is 0.318 e. The summed E-state index contributed by atoms with van der Waals surface area (Å²) in [5.74, 6) is -1.15. The van der Waals surface area contributed by atoms with Gasteiger partial charge in [-0.25, -0.2) is 9.18 Å². The average Bonchev–Trinajstić information content (AvgIpc) is 2.51. The summed E-state index contributed by atoms with van der Waals surface area (Å²) in [6, 6.07) is 10.3. The average molecular weight is 366 g/mol. The van der Waals surface area contributed by atoms with Gasteiger partial charge >= 0.3 is 6.03 Å². The monoisotopic (exact) mass is 365 g/mol. The standard InChI is InChI=1S/C15H13BrFN3O2/c1-18-15(22)20-11-5-3-10(4-6-11)19-14(21)12-8-9(16)2-7-13(12)17/h2-8H,1H3,(H,19,21)(H2,18,20,22). The fourth-order valence-electron chi connectivity index (χ4n) is 1.70. The second kappa shape index (κ2) is 7.04. The summed E-state index contributed by atoms with van der Waals surface area (Å²) < 4.78 is 14.2. The summed E-state index contributed by atoms with van der Waals surface area (Å²) in [7, 11) is 1.51. The Balaban J connectivity index is 2.08. The molecule has 0 aliphatic rings. The SMILES string of the molecule is CNC(=O)Nc1ccc(NC(=O)c2cc(Br)ccc2F)cc1. The Morgan fingerprint density at radius 1 is 1.00 bits per heavy atom. The Kier molecular flexibility index (Phi) is 5.11. The highest BCUT2D eigenvalue weighted by atomic mass is 79.9. The molecule has 0 fully saturated rings. The molecule has 2 rings (SSSR count). The van der Waals surface area contributed by atoms with E-state index in [-0.39, 0.29) is 11.6 Å². The number of nitrogens with one attached hydrogen (secondary N) is 3. The minimum atomic E-state index is -0.599. The first kappa shape index (κ1) is 16.0. The molecule has 0 atom stereocenters. The molecule has 0 unspecified atom stereocenters. The van der Waals surface area contributed by atoms with Crippen LogP contribution in [0.3, 0.4) is 0 Å². The van der Waals surface area contributed by atoms with E-state index in [4.69, 9.17) is 0 Å². The lowest BCUT2D eigenvalue weighted by Crippen LogP contribution is -2.24. The normalized spacial score (nSPS) is 9.95. The molecule has 2 aromatic rings. The van der Waals surface area contributed by atoms with Gasteiger partial charge in [0.1, 0.15) is 5.82 Å². The van der Waals surface area contributed by atoms with E-state index in [2.05, 4.69) is 31.9 Å². The molecule has 0 radical (unpaired) electrons.